The van der Waals surface area contributed by atoms with Crippen LogP contribution in [-0.2, 0) is 6.42 Å². The van der Waals surface area contributed by atoms with Gasteiger partial charge in [-0.3, -0.25) is 5.43 Å². The molecule has 2 aromatic rings. The van der Waals surface area contributed by atoms with E-state index in [0.717, 1.165) is 18.8 Å². The van der Waals surface area contributed by atoms with Gasteiger partial charge in [0.2, 0.25) is 5.95 Å². The van der Waals surface area contributed by atoms with Crippen LogP contribution in [0.1, 0.15) is 4.88 Å². The molecule has 0 saturated carbocycles. The van der Waals surface area contributed by atoms with E-state index in [1.165, 1.54) is 4.88 Å². The summed E-state index contributed by atoms with van der Waals surface area (Å²) < 4.78 is 0. The first-order chi connectivity index (χ1) is 8.29. The maximum atomic E-state index is 5.28. The smallest absolute Gasteiger partial charge is 0.239 e. The summed E-state index contributed by atoms with van der Waals surface area (Å²) >= 11 is 1.78. The number of aromatic nitrogens is 2. The molecule has 5 nitrogen and oxygen atoms in total. The molecule has 0 saturated heterocycles. The number of anilines is 2. The molecule has 0 aliphatic rings. The zero-order valence-electron chi connectivity index (χ0n) is 9.63. The number of hydrogen-bond acceptors (Lipinski definition) is 6. The highest BCUT2D eigenvalue weighted by Gasteiger charge is 2.04. The predicted octanol–water partition coefficient (Wildman–Crippen LogP) is 1.50. The third kappa shape index (κ3) is 3.15. The highest BCUT2D eigenvalue weighted by atomic mass is 32.1. The second-order valence-electron chi connectivity index (χ2n) is 3.63. The summed E-state index contributed by atoms with van der Waals surface area (Å²) in [5.74, 6) is 6.58. The molecule has 0 unspecified atom stereocenters. The van der Waals surface area contributed by atoms with Crippen molar-refractivity contribution in [2.45, 2.75) is 6.42 Å². The molecular formula is C11H15N5S. The molecule has 90 valence electrons. The lowest BCUT2D eigenvalue weighted by Crippen LogP contribution is -2.22. The first-order valence-electron chi connectivity index (χ1n) is 5.33. The van der Waals surface area contributed by atoms with E-state index in [4.69, 9.17) is 5.84 Å². The van der Waals surface area contributed by atoms with E-state index < -0.39 is 0 Å². The molecule has 2 aromatic heterocycles. The molecule has 2 rings (SSSR count). The number of thiophene rings is 1. The maximum absolute atomic E-state index is 5.28. The number of hydrogen-bond donors (Lipinski definition) is 2. The third-order valence-corrected chi connectivity index (χ3v) is 3.37. The number of rotatable bonds is 5. The molecule has 0 radical (unpaired) electrons. The molecule has 2 heterocycles. The maximum Gasteiger partial charge on any atom is 0.239 e. The van der Waals surface area contributed by atoms with Gasteiger partial charge in [0.15, 0.2) is 0 Å². The van der Waals surface area contributed by atoms with Gasteiger partial charge in [-0.15, -0.1) is 11.3 Å². The summed E-state index contributed by atoms with van der Waals surface area (Å²) in [6, 6.07) is 6.09. The Labute approximate surface area is 104 Å². The van der Waals surface area contributed by atoms with Crippen molar-refractivity contribution in [1.29, 1.82) is 0 Å². The van der Waals surface area contributed by atoms with Gasteiger partial charge in [0.1, 0.15) is 5.82 Å². The van der Waals surface area contributed by atoms with E-state index in [1.807, 2.05) is 13.1 Å². The van der Waals surface area contributed by atoms with Crippen LogP contribution in [0.25, 0.3) is 0 Å². The highest BCUT2D eigenvalue weighted by molar-refractivity contribution is 7.09. The minimum Gasteiger partial charge on any atom is -0.359 e. The van der Waals surface area contributed by atoms with Gasteiger partial charge in [0.05, 0.1) is 0 Å². The van der Waals surface area contributed by atoms with Gasteiger partial charge in [0, 0.05) is 24.7 Å². The van der Waals surface area contributed by atoms with Gasteiger partial charge >= 0.3 is 0 Å². The number of likely N-dealkylation sites (N-methyl/N-ethyl adjacent to an activating group) is 1. The fraction of sp³-hybridized carbons (Fsp3) is 0.273. The minimum atomic E-state index is 0.436. The molecule has 0 fully saturated rings. The number of nitrogen functional groups attached to an aromatic ring is 1. The van der Waals surface area contributed by atoms with E-state index >= 15 is 0 Å². The Morgan fingerprint density at radius 1 is 1.47 bits per heavy atom. The molecule has 6 heteroatoms. The lowest BCUT2D eigenvalue weighted by atomic mass is 10.3. The van der Waals surface area contributed by atoms with E-state index in [1.54, 1.807) is 17.5 Å². The van der Waals surface area contributed by atoms with Crippen LogP contribution in [0, 0.1) is 0 Å². The van der Waals surface area contributed by atoms with Crippen molar-refractivity contribution in [1.82, 2.24) is 9.97 Å². The standard InChI is InChI=1S/C11H15N5S/c1-16(7-5-9-3-2-8-17-9)10-4-6-13-11(14-10)15-12/h2-4,6,8H,5,7,12H2,1H3,(H,13,14,15). The summed E-state index contributed by atoms with van der Waals surface area (Å²) in [6.45, 7) is 0.918. The Kier molecular flexibility index (Phi) is 3.89. The average molecular weight is 249 g/mol. The quantitative estimate of drug-likeness (QED) is 0.621. The van der Waals surface area contributed by atoms with Gasteiger partial charge in [-0.05, 0) is 23.9 Å². The first-order valence-corrected chi connectivity index (χ1v) is 6.21. The monoisotopic (exact) mass is 249 g/mol. The minimum absolute atomic E-state index is 0.436. The molecule has 0 aliphatic heterocycles. The molecular weight excluding hydrogens is 234 g/mol. The van der Waals surface area contributed by atoms with Gasteiger partial charge in [-0.25, -0.2) is 10.8 Å². The Morgan fingerprint density at radius 2 is 2.35 bits per heavy atom. The summed E-state index contributed by atoms with van der Waals surface area (Å²) in [4.78, 5) is 11.7. The second-order valence-corrected chi connectivity index (χ2v) is 4.67. The van der Waals surface area contributed by atoms with Crippen molar-refractivity contribution in [3.05, 3.63) is 34.7 Å². The van der Waals surface area contributed by atoms with Crippen molar-refractivity contribution in [2.75, 3.05) is 23.9 Å². The number of nitrogens with zero attached hydrogens (tertiary/aromatic N) is 3. The summed E-state index contributed by atoms with van der Waals surface area (Å²) in [6.07, 6.45) is 2.71. The summed E-state index contributed by atoms with van der Waals surface area (Å²) in [5.41, 5.74) is 2.45. The predicted molar refractivity (Wildman–Crippen MR) is 71.1 cm³/mol. The number of nitrogens with two attached hydrogens (primary N) is 1. The molecule has 17 heavy (non-hydrogen) atoms. The Morgan fingerprint density at radius 3 is 3.06 bits per heavy atom. The lowest BCUT2D eigenvalue weighted by Gasteiger charge is -2.17. The van der Waals surface area contributed by atoms with Crippen LogP contribution in [0.3, 0.4) is 0 Å². The average Bonchev–Trinajstić information content (AvgIpc) is 2.89. The Bertz CT molecular complexity index is 457. The lowest BCUT2D eigenvalue weighted by molar-refractivity contribution is 0.864. The Hall–Kier alpha value is -1.66. The van der Waals surface area contributed by atoms with Crippen molar-refractivity contribution in [2.24, 2.45) is 5.84 Å². The van der Waals surface area contributed by atoms with Crippen molar-refractivity contribution >= 4 is 23.1 Å². The molecule has 0 amide bonds. The van der Waals surface area contributed by atoms with Crippen LogP contribution in [0.2, 0.25) is 0 Å². The number of nitrogens with one attached hydrogen (secondary N) is 1. The van der Waals surface area contributed by atoms with Crippen LogP contribution in [0.4, 0.5) is 11.8 Å². The summed E-state index contributed by atoms with van der Waals surface area (Å²) in [7, 11) is 2.01. The van der Waals surface area contributed by atoms with Crippen LogP contribution < -0.4 is 16.2 Å². The second kappa shape index (κ2) is 5.60. The van der Waals surface area contributed by atoms with Crippen LogP contribution in [-0.4, -0.2) is 23.6 Å². The third-order valence-electron chi connectivity index (χ3n) is 2.43. The molecule has 0 aliphatic carbocycles. The van der Waals surface area contributed by atoms with E-state index in [-0.39, 0.29) is 0 Å². The van der Waals surface area contributed by atoms with Gasteiger partial charge < -0.3 is 4.90 Å². The molecule has 0 aromatic carbocycles. The fourth-order valence-electron chi connectivity index (χ4n) is 1.48. The summed E-state index contributed by atoms with van der Waals surface area (Å²) in [5, 5.41) is 2.09. The van der Waals surface area contributed by atoms with E-state index in [9.17, 15) is 0 Å². The SMILES string of the molecule is CN(CCc1cccs1)c1ccnc(NN)n1. The van der Waals surface area contributed by atoms with Crippen LogP contribution >= 0.6 is 11.3 Å². The normalized spacial score (nSPS) is 10.2. The molecule has 0 spiro atoms. The van der Waals surface area contributed by atoms with Crippen molar-refractivity contribution < 1.29 is 0 Å². The molecule has 0 atom stereocenters. The first kappa shape index (κ1) is 11.8. The zero-order valence-corrected chi connectivity index (χ0v) is 10.4. The van der Waals surface area contributed by atoms with Gasteiger partial charge in [-0.1, -0.05) is 6.07 Å². The molecule has 0 bridgehead atoms. The van der Waals surface area contributed by atoms with Crippen molar-refractivity contribution in [3.8, 4) is 0 Å². The zero-order chi connectivity index (χ0) is 12.1. The van der Waals surface area contributed by atoms with Crippen LogP contribution in [0.15, 0.2) is 29.8 Å². The van der Waals surface area contributed by atoms with E-state index in [0.29, 0.717) is 5.95 Å². The van der Waals surface area contributed by atoms with Gasteiger partial charge in [0.25, 0.3) is 0 Å². The fourth-order valence-corrected chi connectivity index (χ4v) is 2.18. The van der Waals surface area contributed by atoms with Gasteiger partial charge in [-0.2, -0.15) is 4.98 Å². The van der Waals surface area contributed by atoms with E-state index in [2.05, 4.69) is 37.8 Å². The number of hydrazine groups is 1. The highest BCUT2D eigenvalue weighted by Crippen LogP contribution is 2.13. The van der Waals surface area contributed by atoms with Crippen molar-refractivity contribution in [3.63, 3.8) is 0 Å². The largest absolute Gasteiger partial charge is 0.359 e. The van der Waals surface area contributed by atoms with Crippen LogP contribution in [0.5, 0.6) is 0 Å². The Balaban J connectivity index is 1.96. The molecule has 3 N–H and O–H groups in total. The topological polar surface area (TPSA) is 67.1 Å².